The van der Waals surface area contributed by atoms with Gasteiger partial charge in [0.15, 0.2) is 0 Å². The van der Waals surface area contributed by atoms with Crippen LogP contribution >= 0.6 is 0 Å². The second-order valence-corrected chi connectivity index (χ2v) is 27.5. The molecule has 0 saturated heterocycles. The van der Waals surface area contributed by atoms with Gasteiger partial charge in [-0.2, -0.15) is 0 Å². The minimum atomic E-state index is -1.26. The number of ether oxygens (including phenoxy) is 8. The van der Waals surface area contributed by atoms with E-state index in [1.54, 1.807) is 69.4 Å². The summed E-state index contributed by atoms with van der Waals surface area (Å²) in [7, 11) is 1.62. The SMILES string of the molecule is COc1ccc(CCCC(=O)NCCOCCOCCOCCOCCC(=O)NC(CC(=O)O)CC(=O)NCC2CCC(C(=O)N[C@@H](Cc3ccc4ccccc4c3)C(=O)NCCCC[C@H](NC(=O)N[C@@H](CCC(=O)OC(C)(C)C)C(=O)OC(C)(C)C)C(=O)OC(C)(C)C)CC2)cc1. The molecule has 8 N–H and O–H groups in total. The number of urea groups is 1. The number of carboxylic acids is 1. The molecule has 1 unspecified atom stereocenters. The van der Waals surface area contributed by atoms with E-state index < -0.39 is 101 Å². The molecule has 7 amide bonds. The molecule has 3 aromatic carbocycles. The molecule has 98 heavy (non-hydrogen) atoms. The summed E-state index contributed by atoms with van der Waals surface area (Å²) in [5.41, 5.74) is -0.610. The van der Waals surface area contributed by atoms with Crippen LogP contribution in [0.25, 0.3) is 10.8 Å². The minimum Gasteiger partial charge on any atom is -0.497 e. The second-order valence-electron chi connectivity index (χ2n) is 27.5. The number of unbranched alkanes of at least 4 members (excludes halogenated alkanes) is 1. The molecule has 0 aromatic heterocycles. The zero-order valence-corrected chi connectivity index (χ0v) is 59.2. The third-order valence-electron chi connectivity index (χ3n) is 15.4. The van der Waals surface area contributed by atoms with Crippen LogP contribution in [0, 0.1) is 11.8 Å². The Balaban J connectivity index is 1.16. The predicted molar refractivity (Wildman–Crippen MR) is 367 cm³/mol. The summed E-state index contributed by atoms with van der Waals surface area (Å²) < 4.78 is 43.8. The Bertz CT molecular complexity index is 2990. The Hall–Kier alpha value is -7.94. The predicted octanol–water partition coefficient (Wildman–Crippen LogP) is 6.87. The van der Waals surface area contributed by atoms with Gasteiger partial charge in [0, 0.05) is 63.7 Å². The van der Waals surface area contributed by atoms with Crippen molar-refractivity contribution >= 4 is 70.2 Å². The van der Waals surface area contributed by atoms with E-state index in [2.05, 4.69) is 37.2 Å². The normalized spacial score (nSPS) is 15.2. The molecule has 4 rings (SSSR count). The van der Waals surface area contributed by atoms with Gasteiger partial charge in [0.1, 0.15) is 40.7 Å². The first-order valence-corrected chi connectivity index (χ1v) is 34.2. The number of hydrogen-bond acceptors (Lipinski definition) is 18. The molecule has 3 aromatic rings. The van der Waals surface area contributed by atoms with Crippen molar-refractivity contribution in [3.05, 3.63) is 77.9 Å². The van der Waals surface area contributed by atoms with E-state index in [-0.39, 0.29) is 89.2 Å². The van der Waals surface area contributed by atoms with Gasteiger partial charge in [-0.05, 0) is 166 Å². The van der Waals surface area contributed by atoms with Gasteiger partial charge in [0.05, 0.1) is 66.4 Å². The zero-order chi connectivity index (χ0) is 72.1. The molecular formula is C72H109N7O19. The summed E-state index contributed by atoms with van der Waals surface area (Å²) in [5, 5.41) is 31.1. The number of fused-ring (bicyclic) bond motifs is 1. The molecule has 546 valence electrons. The number of methoxy groups -OCH3 is 1. The van der Waals surface area contributed by atoms with Crippen molar-refractivity contribution in [3.63, 3.8) is 0 Å². The van der Waals surface area contributed by atoms with Crippen LogP contribution in [0.5, 0.6) is 5.75 Å². The third kappa shape index (κ3) is 36.6. The molecule has 0 bridgehead atoms. The number of benzene rings is 3. The molecule has 26 heteroatoms. The Morgan fingerprint density at radius 3 is 1.67 bits per heavy atom. The molecular weight excluding hydrogens is 1270 g/mol. The molecule has 1 fully saturated rings. The number of nitrogens with one attached hydrogen (secondary N) is 7. The lowest BCUT2D eigenvalue weighted by atomic mass is 9.81. The number of carbonyl (C=O) groups excluding carboxylic acids is 9. The lowest BCUT2D eigenvalue weighted by Crippen LogP contribution is -2.53. The number of carbonyl (C=O) groups is 10. The minimum absolute atomic E-state index is 0.0233. The van der Waals surface area contributed by atoms with Crippen LogP contribution in [0.3, 0.4) is 0 Å². The number of esters is 3. The van der Waals surface area contributed by atoms with Crippen molar-refractivity contribution in [2.75, 3.05) is 79.6 Å². The van der Waals surface area contributed by atoms with Gasteiger partial charge in [-0.25, -0.2) is 14.4 Å². The number of aliphatic carboxylic acids is 1. The van der Waals surface area contributed by atoms with Gasteiger partial charge >= 0.3 is 29.9 Å². The lowest BCUT2D eigenvalue weighted by molar-refractivity contribution is -0.159. The Labute approximate surface area is 577 Å². The summed E-state index contributed by atoms with van der Waals surface area (Å²) in [4.78, 5) is 131. The topological polar surface area (TPSA) is 349 Å². The average Bonchev–Trinajstić information content (AvgIpc) is 0.844. The molecule has 0 spiro atoms. The van der Waals surface area contributed by atoms with E-state index in [0.717, 1.165) is 40.5 Å². The highest BCUT2D eigenvalue weighted by Crippen LogP contribution is 2.29. The van der Waals surface area contributed by atoms with Gasteiger partial charge in [0.25, 0.3) is 0 Å². The molecule has 26 nitrogen and oxygen atoms in total. The first-order valence-electron chi connectivity index (χ1n) is 34.2. The molecule has 4 atom stereocenters. The van der Waals surface area contributed by atoms with Crippen molar-refractivity contribution in [1.29, 1.82) is 0 Å². The molecule has 0 heterocycles. The maximum atomic E-state index is 14.1. The fourth-order valence-electron chi connectivity index (χ4n) is 10.6. The van der Waals surface area contributed by atoms with Crippen molar-refractivity contribution in [2.24, 2.45) is 11.8 Å². The van der Waals surface area contributed by atoms with E-state index in [4.69, 9.17) is 37.9 Å². The maximum absolute atomic E-state index is 14.1. The molecule has 1 aliphatic carbocycles. The van der Waals surface area contributed by atoms with Gasteiger partial charge in [-0.15, -0.1) is 0 Å². The van der Waals surface area contributed by atoms with Crippen LogP contribution in [0.1, 0.15) is 163 Å². The lowest BCUT2D eigenvalue weighted by Gasteiger charge is -2.29. The standard InChI is InChI=1S/C72H109N7O19/c1-70(2,3)96-64(85)32-31-58(68(89)98-72(7,8)9)79-69(90)78-57(67(88)97-71(4,5)6)19-13-14-34-74-66(87)59(45-51-23-26-52-17-11-12-18-54(52)44-51)77-65(86)53-27-21-50(22-28-53)48-75-62(82)46-55(47-63(83)84)76-61(81)33-36-92-38-40-94-42-43-95-41-39-93-37-35-73-60(80)20-15-16-49-24-29-56(91-10)30-25-49/h11-12,17-18,23-26,29-30,44,50,53,55,57-59H,13-16,19-22,27-28,31-43,45-48H2,1-10H3,(H,73,80)(H,74,87)(H,75,82)(H,76,81)(H,77,86)(H,83,84)(H2,78,79,90)/t50?,53?,55?,57-,58-,59-/m0/s1. The van der Waals surface area contributed by atoms with Crippen molar-refractivity contribution < 1.29 is 90.9 Å². The fourth-order valence-corrected chi connectivity index (χ4v) is 10.6. The van der Waals surface area contributed by atoms with Crippen molar-refractivity contribution in [1.82, 2.24) is 37.2 Å². The molecule has 0 aliphatic heterocycles. The van der Waals surface area contributed by atoms with Crippen molar-refractivity contribution in [2.45, 2.75) is 206 Å². The summed E-state index contributed by atoms with van der Waals surface area (Å²) in [5.74, 6) is -4.47. The van der Waals surface area contributed by atoms with E-state index >= 15 is 0 Å². The summed E-state index contributed by atoms with van der Waals surface area (Å²) >= 11 is 0. The monoisotopic (exact) mass is 1380 g/mol. The largest absolute Gasteiger partial charge is 0.497 e. The number of amides is 7. The average molecular weight is 1380 g/mol. The number of aryl methyl sites for hydroxylation is 1. The number of hydrogen-bond donors (Lipinski definition) is 8. The van der Waals surface area contributed by atoms with Crippen LogP contribution < -0.4 is 42.0 Å². The summed E-state index contributed by atoms with van der Waals surface area (Å²) in [6, 6.07) is 16.2. The highest BCUT2D eigenvalue weighted by Gasteiger charge is 2.33. The van der Waals surface area contributed by atoms with E-state index in [1.807, 2.05) is 66.7 Å². The highest BCUT2D eigenvalue weighted by atomic mass is 16.6. The Kier molecular flexibility index (Phi) is 36.6. The van der Waals surface area contributed by atoms with Gasteiger partial charge in [0.2, 0.25) is 29.5 Å². The van der Waals surface area contributed by atoms with E-state index in [0.29, 0.717) is 84.5 Å². The second kappa shape index (κ2) is 43.5. The van der Waals surface area contributed by atoms with Crippen LogP contribution in [0.15, 0.2) is 66.7 Å². The molecule has 1 saturated carbocycles. The number of rotatable bonds is 44. The fraction of sp³-hybridized carbons (Fsp3) is 0.639. The maximum Gasteiger partial charge on any atom is 0.329 e. The van der Waals surface area contributed by atoms with Gasteiger partial charge in [-0.3, -0.25) is 33.6 Å². The van der Waals surface area contributed by atoms with E-state index in [9.17, 15) is 53.1 Å². The summed E-state index contributed by atoms with van der Waals surface area (Å²) in [6.45, 7) is 18.3. The van der Waals surface area contributed by atoms with Crippen molar-refractivity contribution in [3.8, 4) is 5.75 Å². The smallest absolute Gasteiger partial charge is 0.329 e. The molecule has 1 aliphatic rings. The van der Waals surface area contributed by atoms with Crippen LogP contribution in [0.4, 0.5) is 4.79 Å². The zero-order valence-electron chi connectivity index (χ0n) is 59.2. The summed E-state index contributed by atoms with van der Waals surface area (Å²) in [6.07, 6.45) is 4.01. The first kappa shape index (κ1) is 82.5. The van der Waals surface area contributed by atoms with Crippen LogP contribution in [-0.4, -0.2) is 185 Å². The quantitative estimate of drug-likeness (QED) is 0.0163. The first-order chi connectivity index (χ1) is 46.4. The Morgan fingerprint density at radius 2 is 1.08 bits per heavy atom. The van der Waals surface area contributed by atoms with Gasteiger partial charge < -0.3 is 80.2 Å². The third-order valence-corrected chi connectivity index (χ3v) is 15.4. The number of carboxylic acid groups (broad SMARTS) is 1. The molecule has 0 radical (unpaired) electrons. The van der Waals surface area contributed by atoms with Crippen LogP contribution in [-0.2, 0) is 89.2 Å². The van der Waals surface area contributed by atoms with Crippen LogP contribution in [0.2, 0.25) is 0 Å². The Morgan fingerprint density at radius 1 is 0.510 bits per heavy atom. The van der Waals surface area contributed by atoms with Gasteiger partial charge in [-0.1, -0.05) is 54.6 Å². The highest BCUT2D eigenvalue weighted by molar-refractivity contribution is 5.90. The van der Waals surface area contributed by atoms with E-state index in [1.165, 1.54) is 0 Å².